The predicted octanol–water partition coefficient (Wildman–Crippen LogP) is -0.134. The van der Waals surface area contributed by atoms with Crippen LogP contribution in [0.4, 0.5) is 0 Å². The maximum atomic E-state index is 11.5. The summed E-state index contributed by atoms with van der Waals surface area (Å²) in [6.45, 7) is 1.74. The van der Waals surface area contributed by atoms with Crippen LogP contribution >= 0.6 is 0 Å². The van der Waals surface area contributed by atoms with Gasteiger partial charge < -0.3 is 16.3 Å². The quantitative estimate of drug-likeness (QED) is 0.278. The minimum Gasteiger partial charge on any atom is -0.409 e. The van der Waals surface area contributed by atoms with Crippen molar-refractivity contribution >= 4 is 11.7 Å². The van der Waals surface area contributed by atoms with Crippen LogP contribution in [-0.2, 0) is 0 Å². The maximum Gasteiger partial charge on any atom is 0.253 e. The molecular formula is C9H12N4O2. The highest BCUT2D eigenvalue weighted by atomic mass is 16.4. The van der Waals surface area contributed by atoms with Crippen LogP contribution in [-0.4, -0.2) is 28.5 Å². The molecule has 0 saturated heterocycles. The number of hydrogen-bond acceptors (Lipinski definition) is 4. The Morgan fingerprint density at radius 2 is 2.47 bits per heavy atom. The summed E-state index contributed by atoms with van der Waals surface area (Å²) in [7, 11) is 0. The van der Waals surface area contributed by atoms with Crippen molar-refractivity contribution in [3.8, 4) is 0 Å². The van der Waals surface area contributed by atoms with Crippen molar-refractivity contribution < 1.29 is 10.0 Å². The second kappa shape index (κ2) is 4.94. The predicted molar refractivity (Wildman–Crippen MR) is 54.7 cm³/mol. The highest BCUT2D eigenvalue weighted by Crippen LogP contribution is 2.02. The van der Waals surface area contributed by atoms with Gasteiger partial charge in [-0.15, -0.1) is 0 Å². The molecular weight excluding hydrogens is 196 g/mol. The number of amides is 1. The fraction of sp³-hybridized carbons (Fsp3) is 0.222. The van der Waals surface area contributed by atoms with Crippen LogP contribution < -0.4 is 11.1 Å². The van der Waals surface area contributed by atoms with Gasteiger partial charge in [-0.3, -0.25) is 9.78 Å². The van der Waals surface area contributed by atoms with E-state index in [-0.39, 0.29) is 18.3 Å². The first kappa shape index (κ1) is 11.0. The van der Waals surface area contributed by atoms with Gasteiger partial charge in [-0.05, 0) is 19.1 Å². The van der Waals surface area contributed by atoms with Gasteiger partial charge in [-0.2, -0.15) is 0 Å². The molecule has 0 atom stereocenters. The fourth-order valence-electron chi connectivity index (χ4n) is 1.03. The van der Waals surface area contributed by atoms with E-state index in [2.05, 4.69) is 15.5 Å². The van der Waals surface area contributed by atoms with Crippen molar-refractivity contribution in [2.75, 3.05) is 6.54 Å². The smallest absolute Gasteiger partial charge is 0.253 e. The molecule has 0 bridgehead atoms. The lowest BCUT2D eigenvalue weighted by Crippen LogP contribution is -2.33. The van der Waals surface area contributed by atoms with E-state index in [0.29, 0.717) is 11.3 Å². The Kier molecular flexibility index (Phi) is 3.61. The Morgan fingerprint density at radius 3 is 3.07 bits per heavy atom. The number of aromatic nitrogens is 1. The highest BCUT2D eigenvalue weighted by molar-refractivity contribution is 5.97. The number of nitrogens with one attached hydrogen (secondary N) is 1. The average Bonchev–Trinajstić information content (AvgIpc) is 2.26. The Bertz CT molecular complexity index is 389. The summed E-state index contributed by atoms with van der Waals surface area (Å²) in [5, 5.41) is 13.5. The molecule has 0 spiro atoms. The number of hydrogen-bond donors (Lipinski definition) is 3. The molecule has 1 rings (SSSR count). The summed E-state index contributed by atoms with van der Waals surface area (Å²) in [6.07, 6.45) is 1.61. The van der Waals surface area contributed by atoms with Gasteiger partial charge in [-0.25, -0.2) is 0 Å². The van der Waals surface area contributed by atoms with Crippen molar-refractivity contribution in [2.24, 2.45) is 10.9 Å². The van der Waals surface area contributed by atoms with Crippen LogP contribution in [0.2, 0.25) is 0 Å². The standard InChI is InChI=1S/C9H12N4O2/c1-6-7(3-2-4-11-6)9(14)12-5-8(10)13-15/h2-4,15H,5H2,1H3,(H2,10,13)(H,12,14). The zero-order chi connectivity index (χ0) is 11.3. The number of nitrogens with two attached hydrogens (primary N) is 1. The number of pyridine rings is 1. The van der Waals surface area contributed by atoms with Crippen LogP contribution in [0.3, 0.4) is 0 Å². The third kappa shape index (κ3) is 2.94. The Balaban J connectivity index is 2.66. The molecule has 1 heterocycles. The molecule has 1 amide bonds. The summed E-state index contributed by atoms with van der Waals surface area (Å²) in [6, 6.07) is 3.33. The Hall–Kier alpha value is -2.11. The largest absolute Gasteiger partial charge is 0.409 e. The molecule has 4 N–H and O–H groups in total. The first-order chi connectivity index (χ1) is 7.15. The number of amidine groups is 1. The first-order valence-corrected chi connectivity index (χ1v) is 4.31. The maximum absolute atomic E-state index is 11.5. The molecule has 0 aliphatic rings. The molecule has 1 aromatic rings. The van der Waals surface area contributed by atoms with E-state index < -0.39 is 0 Å². The van der Waals surface area contributed by atoms with Crippen LogP contribution in [0.1, 0.15) is 16.1 Å². The zero-order valence-electron chi connectivity index (χ0n) is 8.27. The van der Waals surface area contributed by atoms with E-state index in [1.54, 1.807) is 25.3 Å². The average molecular weight is 208 g/mol. The molecule has 6 nitrogen and oxygen atoms in total. The second-order valence-electron chi connectivity index (χ2n) is 2.91. The molecule has 0 aromatic carbocycles. The molecule has 0 radical (unpaired) electrons. The topological polar surface area (TPSA) is 101 Å². The summed E-state index contributed by atoms with van der Waals surface area (Å²) < 4.78 is 0. The third-order valence-corrected chi connectivity index (χ3v) is 1.81. The fourth-order valence-corrected chi connectivity index (χ4v) is 1.03. The van der Waals surface area contributed by atoms with Gasteiger partial charge in [0, 0.05) is 11.9 Å². The van der Waals surface area contributed by atoms with E-state index >= 15 is 0 Å². The van der Waals surface area contributed by atoms with Crippen molar-refractivity contribution in [3.63, 3.8) is 0 Å². The molecule has 6 heteroatoms. The summed E-state index contributed by atoms with van der Waals surface area (Å²) >= 11 is 0. The molecule has 0 saturated carbocycles. The number of carbonyl (C=O) groups excluding carboxylic acids is 1. The van der Waals surface area contributed by atoms with Gasteiger partial charge in [-0.1, -0.05) is 5.16 Å². The minimum atomic E-state index is -0.299. The van der Waals surface area contributed by atoms with Crippen molar-refractivity contribution in [1.82, 2.24) is 10.3 Å². The van der Waals surface area contributed by atoms with Crippen molar-refractivity contribution in [3.05, 3.63) is 29.6 Å². The number of oxime groups is 1. The van der Waals surface area contributed by atoms with E-state index in [1.807, 2.05) is 0 Å². The number of rotatable bonds is 3. The lowest BCUT2D eigenvalue weighted by molar-refractivity contribution is 0.0958. The molecule has 0 unspecified atom stereocenters. The summed E-state index contributed by atoms with van der Waals surface area (Å²) in [4.78, 5) is 15.5. The van der Waals surface area contributed by atoms with Gasteiger partial charge in [0.2, 0.25) is 0 Å². The SMILES string of the molecule is Cc1ncccc1C(=O)NCC(N)=NO. The van der Waals surface area contributed by atoms with Crippen LogP contribution in [0.15, 0.2) is 23.5 Å². The molecule has 15 heavy (non-hydrogen) atoms. The number of nitrogens with zero attached hydrogens (tertiary/aromatic N) is 2. The molecule has 0 aliphatic heterocycles. The number of aryl methyl sites for hydroxylation is 1. The molecule has 0 aliphatic carbocycles. The van der Waals surface area contributed by atoms with E-state index in [0.717, 1.165) is 0 Å². The van der Waals surface area contributed by atoms with E-state index in [4.69, 9.17) is 10.9 Å². The lowest BCUT2D eigenvalue weighted by atomic mass is 10.2. The first-order valence-electron chi connectivity index (χ1n) is 4.31. The third-order valence-electron chi connectivity index (χ3n) is 1.81. The molecule has 80 valence electrons. The zero-order valence-corrected chi connectivity index (χ0v) is 8.27. The lowest BCUT2D eigenvalue weighted by Gasteiger charge is -2.05. The van der Waals surface area contributed by atoms with Crippen LogP contribution in [0.25, 0.3) is 0 Å². The molecule has 1 aromatic heterocycles. The van der Waals surface area contributed by atoms with Gasteiger partial charge in [0.1, 0.15) is 0 Å². The Morgan fingerprint density at radius 1 is 1.73 bits per heavy atom. The second-order valence-corrected chi connectivity index (χ2v) is 2.91. The van der Waals surface area contributed by atoms with E-state index in [1.165, 1.54) is 0 Å². The van der Waals surface area contributed by atoms with Crippen LogP contribution in [0.5, 0.6) is 0 Å². The summed E-state index contributed by atoms with van der Waals surface area (Å²) in [5.41, 5.74) is 6.32. The van der Waals surface area contributed by atoms with Crippen molar-refractivity contribution in [1.29, 1.82) is 0 Å². The van der Waals surface area contributed by atoms with Gasteiger partial charge in [0.05, 0.1) is 12.1 Å². The minimum absolute atomic E-state index is 0.00364. The normalized spacial score (nSPS) is 11.1. The monoisotopic (exact) mass is 208 g/mol. The molecule has 0 fully saturated rings. The van der Waals surface area contributed by atoms with E-state index in [9.17, 15) is 4.79 Å². The van der Waals surface area contributed by atoms with Gasteiger partial charge in [0.25, 0.3) is 5.91 Å². The Labute approximate surface area is 86.8 Å². The van der Waals surface area contributed by atoms with Gasteiger partial charge >= 0.3 is 0 Å². The highest BCUT2D eigenvalue weighted by Gasteiger charge is 2.08. The van der Waals surface area contributed by atoms with Crippen molar-refractivity contribution in [2.45, 2.75) is 6.92 Å². The summed E-state index contributed by atoms with van der Waals surface area (Å²) in [5.74, 6) is -0.350. The number of carbonyl (C=O) groups is 1. The van der Waals surface area contributed by atoms with Crippen LogP contribution in [0, 0.1) is 6.92 Å². The van der Waals surface area contributed by atoms with Gasteiger partial charge in [0.15, 0.2) is 5.84 Å².